The fourth-order valence-corrected chi connectivity index (χ4v) is 3.30. The van der Waals surface area contributed by atoms with E-state index in [1.165, 1.54) is 0 Å². The van der Waals surface area contributed by atoms with Crippen LogP contribution in [0.1, 0.15) is 11.4 Å². The summed E-state index contributed by atoms with van der Waals surface area (Å²) in [4.78, 5) is 22.1. The number of methoxy groups -OCH3 is 2. The third-order valence-electron chi connectivity index (χ3n) is 4.79. The molecule has 136 valence electrons. The van der Waals surface area contributed by atoms with Crippen LogP contribution in [0.3, 0.4) is 0 Å². The topological polar surface area (TPSA) is 76.7 Å². The van der Waals surface area contributed by atoms with Crippen molar-refractivity contribution >= 4 is 16.9 Å². The summed E-state index contributed by atoms with van der Waals surface area (Å²) in [6, 6.07) is 5.80. The second-order valence-electron chi connectivity index (χ2n) is 6.46. The lowest BCUT2D eigenvalue weighted by atomic mass is 10.0. The Kier molecular flexibility index (Phi) is 5.36. The second kappa shape index (κ2) is 7.51. The van der Waals surface area contributed by atoms with Crippen LogP contribution in [0.2, 0.25) is 0 Å². The summed E-state index contributed by atoms with van der Waals surface area (Å²) in [5.41, 5.74) is 2.96. The van der Waals surface area contributed by atoms with E-state index in [0.717, 1.165) is 16.6 Å². The number of aromatic amines is 1. The average molecular weight is 347 g/mol. The lowest BCUT2D eigenvalue weighted by Gasteiger charge is -2.40. The Labute approximate surface area is 147 Å². The van der Waals surface area contributed by atoms with Gasteiger partial charge in [-0.05, 0) is 24.6 Å². The summed E-state index contributed by atoms with van der Waals surface area (Å²) >= 11 is 0. The fraction of sp³-hybridized carbons (Fsp3) is 0.556. The van der Waals surface area contributed by atoms with E-state index in [0.29, 0.717) is 19.0 Å². The number of rotatable bonds is 5. The molecule has 3 rings (SSSR count). The molecule has 0 radical (unpaired) electrons. The SMILES string of the molecule is CO[C@H]1[C@H](N(C)C(=O)Cc2nc3ccc(C)cc3[nH]2)COC[C@H]1OC. The van der Waals surface area contributed by atoms with Crippen LogP contribution in [0.15, 0.2) is 18.2 Å². The van der Waals surface area contributed by atoms with Gasteiger partial charge in [0.15, 0.2) is 0 Å². The zero-order chi connectivity index (χ0) is 18.0. The first-order chi connectivity index (χ1) is 12.0. The molecule has 1 aliphatic rings. The molecule has 1 amide bonds. The summed E-state index contributed by atoms with van der Waals surface area (Å²) < 4.78 is 16.6. The van der Waals surface area contributed by atoms with E-state index >= 15 is 0 Å². The van der Waals surface area contributed by atoms with Crippen LogP contribution in [0.4, 0.5) is 0 Å². The van der Waals surface area contributed by atoms with Gasteiger partial charge in [0, 0.05) is 21.3 Å². The van der Waals surface area contributed by atoms with Crippen molar-refractivity contribution in [3.8, 4) is 0 Å². The molecule has 1 aliphatic heterocycles. The fourth-order valence-electron chi connectivity index (χ4n) is 3.30. The molecule has 0 spiro atoms. The monoisotopic (exact) mass is 347 g/mol. The molecule has 25 heavy (non-hydrogen) atoms. The number of imidazole rings is 1. The Hall–Kier alpha value is -1.96. The molecule has 1 fully saturated rings. The zero-order valence-corrected chi connectivity index (χ0v) is 15.1. The molecule has 0 saturated carbocycles. The molecule has 1 N–H and O–H groups in total. The maximum absolute atomic E-state index is 12.7. The van der Waals surface area contributed by atoms with Crippen LogP contribution in [-0.4, -0.2) is 73.5 Å². The van der Waals surface area contributed by atoms with Gasteiger partial charge in [-0.1, -0.05) is 6.07 Å². The normalized spacial score (nSPS) is 23.8. The molecule has 0 bridgehead atoms. The third kappa shape index (κ3) is 3.68. The van der Waals surface area contributed by atoms with Crippen molar-refractivity contribution in [1.82, 2.24) is 14.9 Å². The summed E-state index contributed by atoms with van der Waals surface area (Å²) in [5, 5.41) is 0. The van der Waals surface area contributed by atoms with Crippen molar-refractivity contribution in [2.24, 2.45) is 0 Å². The Balaban J connectivity index is 1.72. The number of carbonyl (C=O) groups excluding carboxylic acids is 1. The molecule has 7 heteroatoms. The van der Waals surface area contributed by atoms with E-state index in [9.17, 15) is 4.79 Å². The number of aromatic nitrogens is 2. The van der Waals surface area contributed by atoms with Crippen LogP contribution in [0.5, 0.6) is 0 Å². The molecule has 2 aromatic rings. The first-order valence-corrected chi connectivity index (χ1v) is 8.37. The maximum Gasteiger partial charge on any atom is 0.230 e. The molecule has 1 aromatic heterocycles. The quantitative estimate of drug-likeness (QED) is 0.882. The maximum atomic E-state index is 12.7. The second-order valence-corrected chi connectivity index (χ2v) is 6.46. The summed E-state index contributed by atoms with van der Waals surface area (Å²) in [6.45, 7) is 2.93. The van der Waals surface area contributed by atoms with Crippen LogP contribution in [0, 0.1) is 6.92 Å². The number of nitrogens with one attached hydrogen (secondary N) is 1. The predicted molar refractivity (Wildman–Crippen MR) is 93.5 cm³/mol. The Morgan fingerprint density at radius 1 is 1.36 bits per heavy atom. The van der Waals surface area contributed by atoms with E-state index in [-0.39, 0.29) is 30.6 Å². The number of likely N-dealkylation sites (N-methyl/N-ethyl adjacent to an activating group) is 1. The standard InChI is InChI=1S/C18H25N3O4/c1-11-5-6-12-13(7-11)20-16(19-12)8-17(22)21(2)14-9-25-10-15(23-3)18(14)24-4/h5-7,14-15,18H,8-10H2,1-4H3,(H,19,20)/t14-,15-,18+/m1/s1. The number of nitrogens with zero attached hydrogens (tertiary/aromatic N) is 2. The number of ether oxygens (including phenoxy) is 3. The van der Waals surface area contributed by atoms with Crippen LogP contribution < -0.4 is 0 Å². The number of H-pyrrole nitrogens is 1. The summed E-state index contributed by atoms with van der Waals surface area (Å²) in [7, 11) is 5.03. The molecule has 2 heterocycles. The van der Waals surface area contributed by atoms with Gasteiger partial charge in [0.05, 0.1) is 36.7 Å². The predicted octanol–water partition coefficient (Wildman–Crippen LogP) is 1.30. The number of amides is 1. The van der Waals surface area contributed by atoms with Crippen LogP contribution in [-0.2, 0) is 25.4 Å². The lowest BCUT2D eigenvalue weighted by Crippen LogP contribution is -2.57. The highest BCUT2D eigenvalue weighted by molar-refractivity contribution is 5.81. The van der Waals surface area contributed by atoms with Crippen molar-refractivity contribution in [1.29, 1.82) is 0 Å². The van der Waals surface area contributed by atoms with Crippen molar-refractivity contribution in [3.05, 3.63) is 29.6 Å². The molecule has 0 unspecified atom stereocenters. The largest absolute Gasteiger partial charge is 0.376 e. The van der Waals surface area contributed by atoms with Gasteiger partial charge in [-0.3, -0.25) is 4.79 Å². The van der Waals surface area contributed by atoms with Gasteiger partial charge < -0.3 is 24.1 Å². The minimum absolute atomic E-state index is 0.0387. The minimum atomic E-state index is -0.217. The zero-order valence-electron chi connectivity index (χ0n) is 15.1. The van der Waals surface area contributed by atoms with Gasteiger partial charge in [-0.2, -0.15) is 0 Å². The van der Waals surface area contributed by atoms with E-state index in [1.54, 1.807) is 26.2 Å². The number of hydrogen-bond donors (Lipinski definition) is 1. The number of fused-ring (bicyclic) bond motifs is 1. The molecule has 0 aliphatic carbocycles. The minimum Gasteiger partial charge on any atom is -0.376 e. The summed E-state index contributed by atoms with van der Waals surface area (Å²) in [6.07, 6.45) is -0.200. The van der Waals surface area contributed by atoms with Gasteiger partial charge in [0.25, 0.3) is 0 Å². The number of benzene rings is 1. The molecule has 1 saturated heterocycles. The van der Waals surface area contributed by atoms with Crippen molar-refractivity contribution in [2.45, 2.75) is 31.6 Å². The average Bonchev–Trinajstić information content (AvgIpc) is 3.01. The highest BCUT2D eigenvalue weighted by Gasteiger charge is 2.38. The highest BCUT2D eigenvalue weighted by Crippen LogP contribution is 2.20. The first-order valence-electron chi connectivity index (χ1n) is 8.37. The van der Waals surface area contributed by atoms with E-state index in [1.807, 2.05) is 25.1 Å². The van der Waals surface area contributed by atoms with Gasteiger partial charge in [0.1, 0.15) is 18.0 Å². The Bertz CT molecular complexity index is 745. The van der Waals surface area contributed by atoms with E-state index in [4.69, 9.17) is 14.2 Å². The van der Waals surface area contributed by atoms with Gasteiger partial charge in [-0.25, -0.2) is 4.98 Å². The Morgan fingerprint density at radius 2 is 2.16 bits per heavy atom. The van der Waals surface area contributed by atoms with Crippen molar-refractivity contribution < 1.29 is 19.0 Å². The highest BCUT2D eigenvalue weighted by atomic mass is 16.6. The molecular weight excluding hydrogens is 322 g/mol. The summed E-state index contributed by atoms with van der Waals surface area (Å²) in [5.74, 6) is 0.620. The van der Waals surface area contributed by atoms with Crippen molar-refractivity contribution in [3.63, 3.8) is 0 Å². The molecule has 1 aromatic carbocycles. The number of hydrogen-bond acceptors (Lipinski definition) is 5. The van der Waals surface area contributed by atoms with Gasteiger partial charge >= 0.3 is 0 Å². The number of carbonyl (C=O) groups is 1. The Morgan fingerprint density at radius 3 is 2.88 bits per heavy atom. The van der Waals surface area contributed by atoms with Gasteiger partial charge in [-0.15, -0.1) is 0 Å². The molecule has 7 nitrogen and oxygen atoms in total. The van der Waals surface area contributed by atoms with Crippen molar-refractivity contribution in [2.75, 3.05) is 34.5 Å². The first kappa shape index (κ1) is 17.8. The van der Waals surface area contributed by atoms with E-state index in [2.05, 4.69) is 9.97 Å². The van der Waals surface area contributed by atoms with Gasteiger partial charge in [0.2, 0.25) is 5.91 Å². The molecular formula is C18H25N3O4. The van der Waals surface area contributed by atoms with E-state index < -0.39 is 0 Å². The number of aryl methyl sites for hydroxylation is 1. The van der Waals surface area contributed by atoms with Crippen LogP contribution >= 0.6 is 0 Å². The molecule has 3 atom stereocenters. The smallest absolute Gasteiger partial charge is 0.230 e. The van der Waals surface area contributed by atoms with Crippen LogP contribution in [0.25, 0.3) is 11.0 Å². The lowest BCUT2D eigenvalue weighted by molar-refractivity contribution is -0.164. The third-order valence-corrected chi connectivity index (χ3v) is 4.79.